The first-order valence-corrected chi connectivity index (χ1v) is 8.71. The predicted octanol–water partition coefficient (Wildman–Crippen LogP) is 3.73. The molecule has 3 rings (SSSR count). The summed E-state index contributed by atoms with van der Waals surface area (Å²) in [4.78, 5) is 21.0. The molecular formula is C16H17BrClN3O2. The Bertz CT molecular complexity index is 733. The van der Waals surface area contributed by atoms with E-state index < -0.39 is 0 Å². The Balaban J connectivity index is 1.83. The zero-order valence-electron chi connectivity index (χ0n) is 12.7. The van der Waals surface area contributed by atoms with Gasteiger partial charge in [-0.2, -0.15) is 0 Å². The van der Waals surface area contributed by atoms with Gasteiger partial charge in [-0.25, -0.2) is 9.97 Å². The van der Waals surface area contributed by atoms with Crippen molar-refractivity contribution in [3.8, 4) is 0 Å². The molecule has 5 nitrogen and oxygen atoms in total. The number of methoxy groups -OCH3 is 1. The smallest absolute Gasteiger partial charge is 0.270 e. The Kier molecular flexibility index (Phi) is 5.14. The van der Waals surface area contributed by atoms with Crippen LogP contribution in [0.2, 0.25) is 5.28 Å². The number of fused-ring (bicyclic) bond motifs is 1. The van der Waals surface area contributed by atoms with Gasteiger partial charge in [0.2, 0.25) is 5.28 Å². The Labute approximate surface area is 147 Å². The van der Waals surface area contributed by atoms with Crippen LogP contribution in [0.25, 0.3) is 10.9 Å². The minimum atomic E-state index is -0.210. The first-order chi connectivity index (χ1) is 11.1. The van der Waals surface area contributed by atoms with Gasteiger partial charge in [0.05, 0.1) is 11.6 Å². The van der Waals surface area contributed by atoms with Gasteiger partial charge in [-0.15, -0.1) is 0 Å². The van der Waals surface area contributed by atoms with E-state index in [1.54, 1.807) is 7.11 Å². The summed E-state index contributed by atoms with van der Waals surface area (Å²) in [5.74, 6) is -0.210. The lowest BCUT2D eigenvalue weighted by Crippen LogP contribution is -2.39. The van der Waals surface area contributed by atoms with Crippen LogP contribution < -0.4 is 5.32 Å². The minimum Gasteiger partial charge on any atom is -0.381 e. The van der Waals surface area contributed by atoms with Crippen molar-refractivity contribution in [2.75, 3.05) is 7.11 Å². The van der Waals surface area contributed by atoms with Crippen LogP contribution >= 0.6 is 27.5 Å². The van der Waals surface area contributed by atoms with Crippen molar-refractivity contribution in [2.45, 2.75) is 37.8 Å². The van der Waals surface area contributed by atoms with Gasteiger partial charge in [0.25, 0.3) is 5.91 Å². The summed E-state index contributed by atoms with van der Waals surface area (Å²) in [6, 6.07) is 5.68. The summed E-state index contributed by atoms with van der Waals surface area (Å²) >= 11 is 9.41. The number of halogens is 2. The molecule has 1 aromatic heterocycles. The number of carbonyl (C=O) groups excluding carboxylic acids is 1. The van der Waals surface area contributed by atoms with E-state index in [0.717, 1.165) is 30.2 Å². The fourth-order valence-electron chi connectivity index (χ4n) is 2.96. The van der Waals surface area contributed by atoms with Crippen molar-refractivity contribution in [3.05, 3.63) is 33.6 Å². The summed E-state index contributed by atoms with van der Waals surface area (Å²) in [6.07, 6.45) is 4.03. The van der Waals surface area contributed by atoms with Gasteiger partial charge in [0.15, 0.2) is 0 Å². The van der Waals surface area contributed by atoms with Gasteiger partial charge in [0.1, 0.15) is 5.69 Å². The second-order valence-corrected chi connectivity index (χ2v) is 6.85. The highest BCUT2D eigenvalue weighted by molar-refractivity contribution is 9.10. The summed E-state index contributed by atoms with van der Waals surface area (Å²) in [5, 5.41) is 3.81. The van der Waals surface area contributed by atoms with Crippen molar-refractivity contribution < 1.29 is 9.53 Å². The third-order valence-corrected chi connectivity index (χ3v) is 5.02. The molecular weight excluding hydrogens is 382 g/mol. The number of benzene rings is 1. The van der Waals surface area contributed by atoms with E-state index in [2.05, 4.69) is 31.2 Å². The molecule has 1 heterocycles. The van der Waals surface area contributed by atoms with E-state index in [0.29, 0.717) is 22.7 Å². The molecule has 0 unspecified atom stereocenters. The number of para-hydroxylation sites is 1. The fourth-order valence-corrected chi connectivity index (χ4v) is 3.58. The molecule has 1 aromatic carbocycles. The first-order valence-electron chi connectivity index (χ1n) is 7.54. The zero-order chi connectivity index (χ0) is 16.4. The van der Waals surface area contributed by atoms with E-state index in [9.17, 15) is 4.79 Å². The topological polar surface area (TPSA) is 64.1 Å². The van der Waals surface area contributed by atoms with Crippen LogP contribution in [0, 0.1) is 0 Å². The number of nitrogens with zero attached hydrogens (tertiary/aromatic N) is 2. The van der Waals surface area contributed by atoms with Crippen LogP contribution in [-0.4, -0.2) is 35.1 Å². The molecule has 7 heteroatoms. The molecule has 1 N–H and O–H groups in total. The Hall–Kier alpha value is -1.24. The van der Waals surface area contributed by atoms with Crippen LogP contribution in [0.15, 0.2) is 22.7 Å². The maximum atomic E-state index is 12.6. The van der Waals surface area contributed by atoms with Gasteiger partial charge >= 0.3 is 0 Å². The molecule has 1 amide bonds. The third-order valence-electron chi connectivity index (χ3n) is 4.21. The normalized spacial score (nSPS) is 21.3. The van der Waals surface area contributed by atoms with Crippen LogP contribution in [0.3, 0.4) is 0 Å². The van der Waals surface area contributed by atoms with Crippen molar-refractivity contribution in [1.82, 2.24) is 15.3 Å². The monoisotopic (exact) mass is 397 g/mol. The summed E-state index contributed by atoms with van der Waals surface area (Å²) in [5.41, 5.74) is 0.955. The lowest BCUT2D eigenvalue weighted by molar-refractivity contribution is 0.0598. The number of aromatic nitrogens is 2. The second-order valence-electron chi connectivity index (χ2n) is 5.66. The van der Waals surface area contributed by atoms with Gasteiger partial charge in [0, 0.05) is 23.0 Å². The molecule has 1 fully saturated rings. The highest BCUT2D eigenvalue weighted by Crippen LogP contribution is 2.26. The molecule has 0 radical (unpaired) electrons. The van der Waals surface area contributed by atoms with Crippen molar-refractivity contribution in [2.24, 2.45) is 0 Å². The zero-order valence-corrected chi connectivity index (χ0v) is 15.0. The number of hydrogen-bond donors (Lipinski definition) is 1. The molecule has 0 aliphatic heterocycles. The van der Waals surface area contributed by atoms with Crippen LogP contribution in [0.1, 0.15) is 36.2 Å². The van der Waals surface area contributed by atoms with Crippen LogP contribution in [0.4, 0.5) is 0 Å². The van der Waals surface area contributed by atoms with Gasteiger partial charge in [-0.3, -0.25) is 4.79 Å². The standard InChI is InChI=1S/C16H17BrClN3O2/c1-23-10-7-5-9(6-8-10)19-15(22)14-11-3-2-4-12(17)13(11)20-16(18)21-14/h2-4,9-10H,5-8H2,1H3,(H,19,22)/t9-,10-. The Morgan fingerprint density at radius 2 is 2.04 bits per heavy atom. The SMILES string of the molecule is CO[C@H]1CC[C@H](NC(=O)c2nc(Cl)nc3c(Br)cccc23)CC1. The molecule has 0 spiro atoms. The minimum absolute atomic E-state index is 0.0673. The number of carbonyl (C=O) groups is 1. The number of rotatable bonds is 3. The maximum absolute atomic E-state index is 12.6. The number of amides is 1. The van der Waals surface area contributed by atoms with E-state index >= 15 is 0 Å². The van der Waals surface area contributed by atoms with Gasteiger partial charge in [-0.1, -0.05) is 12.1 Å². The molecule has 23 heavy (non-hydrogen) atoms. The molecule has 0 saturated heterocycles. The number of ether oxygens (including phenoxy) is 1. The lowest BCUT2D eigenvalue weighted by Gasteiger charge is -2.28. The van der Waals surface area contributed by atoms with Crippen molar-refractivity contribution >= 4 is 44.3 Å². The molecule has 0 atom stereocenters. The molecule has 1 aliphatic carbocycles. The van der Waals surface area contributed by atoms with Crippen molar-refractivity contribution in [1.29, 1.82) is 0 Å². The van der Waals surface area contributed by atoms with Crippen molar-refractivity contribution in [3.63, 3.8) is 0 Å². The lowest BCUT2D eigenvalue weighted by atomic mass is 9.93. The third kappa shape index (κ3) is 3.65. The molecule has 1 saturated carbocycles. The first kappa shape index (κ1) is 16.6. The summed E-state index contributed by atoms with van der Waals surface area (Å²) in [7, 11) is 1.73. The molecule has 1 aliphatic rings. The number of nitrogens with one attached hydrogen (secondary N) is 1. The maximum Gasteiger partial charge on any atom is 0.270 e. The van der Waals surface area contributed by atoms with Crippen LogP contribution in [0.5, 0.6) is 0 Å². The van der Waals surface area contributed by atoms with Crippen LogP contribution in [-0.2, 0) is 4.74 Å². The predicted molar refractivity (Wildman–Crippen MR) is 92.8 cm³/mol. The molecule has 0 bridgehead atoms. The van der Waals surface area contributed by atoms with E-state index in [1.165, 1.54) is 0 Å². The summed E-state index contributed by atoms with van der Waals surface area (Å²) < 4.78 is 6.15. The fraction of sp³-hybridized carbons (Fsp3) is 0.438. The number of hydrogen-bond acceptors (Lipinski definition) is 4. The van der Waals surface area contributed by atoms with Gasteiger partial charge in [-0.05, 0) is 59.3 Å². The largest absolute Gasteiger partial charge is 0.381 e. The average Bonchev–Trinajstić information content (AvgIpc) is 2.56. The van der Waals surface area contributed by atoms with E-state index in [4.69, 9.17) is 16.3 Å². The summed E-state index contributed by atoms with van der Waals surface area (Å²) in [6.45, 7) is 0. The highest BCUT2D eigenvalue weighted by Gasteiger charge is 2.24. The molecule has 122 valence electrons. The van der Waals surface area contributed by atoms with Gasteiger partial charge < -0.3 is 10.1 Å². The average molecular weight is 399 g/mol. The Morgan fingerprint density at radius 3 is 2.74 bits per heavy atom. The van der Waals surface area contributed by atoms with E-state index in [1.807, 2.05) is 18.2 Å². The quantitative estimate of drug-likeness (QED) is 0.800. The second kappa shape index (κ2) is 7.11. The molecule has 2 aromatic rings. The van der Waals surface area contributed by atoms with E-state index in [-0.39, 0.29) is 17.2 Å². The Morgan fingerprint density at radius 1 is 1.30 bits per heavy atom. The highest BCUT2D eigenvalue weighted by atomic mass is 79.9.